The minimum atomic E-state index is -3.58. The van der Waals surface area contributed by atoms with E-state index in [4.69, 9.17) is 18.1 Å². The number of hydrogen-bond acceptors (Lipinski definition) is 6. The maximum atomic E-state index is 13.2. The summed E-state index contributed by atoms with van der Waals surface area (Å²) in [7, 11) is -9.40. The van der Waals surface area contributed by atoms with Crippen molar-refractivity contribution in [2.45, 2.75) is 52.4 Å². The van der Waals surface area contributed by atoms with E-state index in [1.165, 1.54) is 0 Å². The van der Waals surface area contributed by atoms with Gasteiger partial charge in [-0.25, -0.2) is 0 Å². The van der Waals surface area contributed by atoms with Crippen LogP contribution in [0.1, 0.15) is 27.7 Å². The van der Waals surface area contributed by atoms with Crippen LogP contribution in [0.4, 0.5) is 0 Å². The third kappa shape index (κ3) is 5.90. The van der Waals surface area contributed by atoms with Crippen molar-refractivity contribution in [1.29, 1.82) is 0 Å². The van der Waals surface area contributed by atoms with Gasteiger partial charge in [-0.1, -0.05) is 19.6 Å². The fourth-order valence-electron chi connectivity index (χ4n) is 2.20. The van der Waals surface area contributed by atoms with E-state index < -0.39 is 28.3 Å². The first-order chi connectivity index (χ1) is 9.61. The molecule has 0 unspecified atom stereocenters. The Hall–Kier alpha value is 0.517. The van der Waals surface area contributed by atoms with Crippen molar-refractivity contribution in [1.82, 2.24) is 0 Å². The SMILES string of the molecule is CCOP(=O)(OCC)C([Si](C)(C)C)P(=O)(OCC)OCC. The van der Waals surface area contributed by atoms with Gasteiger partial charge in [-0.05, 0) is 27.7 Å². The van der Waals surface area contributed by atoms with E-state index in [9.17, 15) is 9.13 Å². The molecule has 0 aliphatic rings. The molecule has 0 amide bonds. The normalized spacial score (nSPS) is 13.9. The van der Waals surface area contributed by atoms with Crippen molar-refractivity contribution in [2.24, 2.45) is 0 Å². The van der Waals surface area contributed by atoms with Crippen molar-refractivity contribution in [3.8, 4) is 0 Å². The summed E-state index contributed by atoms with van der Waals surface area (Å²) in [6.07, 6.45) is 0. The van der Waals surface area contributed by atoms with E-state index >= 15 is 0 Å². The van der Waals surface area contributed by atoms with Gasteiger partial charge < -0.3 is 18.1 Å². The molecule has 0 aliphatic heterocycles. The fourth-order valence-corrected chi connectivity index (χ4v) is 15.0. The second kappa shape index (κ2) is 8.97. The molecule has 0 saturated carbocycles. The van der Waals surface area contributed by atoms with Crippen molar-refractivity contribution < 1.29 is 27.2 Å². The molecule has 0 atom stereocenters. The molecule has 0 rings (SSSR count). The predicted octanol–water partition coefficient (Wildman–Crippen LogP) is 4.72. The molecule has 9 heteroatoms. The fraction of sp³-hybridized carbons (Fsp3) is 1.00. The lowest BCUT2D eigenvalue weighted by Gasteiger charge is -2.37. The molecule has 0 aromatic carbocycles. The van der Waals surface area contributed by atoms with Crippen molar-refractivity contribution >= 4 is 23.3 Å². The molecule has 0 radical (unpaired) electrons. The molecule has 0 aromatic rings. The van der Waals surface area contributed by atoms with Gasteiger partial charge in [0.2, 0.25) is 0 Å². The highest BCUT2D eigenvalue weighted by atomic mass is 31.2. The Labute approximate surface area is 130 Å². The average Bonchev–Trinajstić information content (AvgIpc) is 2.27. The van der Waals surface area contributed by atoms with Crippen LogP contribution in [-0.4, -0.2) is 39.5 Å². The molecule has 6 nitrogen and oxygen atoms in total. The Morgan fingerprint density at radius 2 is 0.952 bits per heavy atom. The highest BCUT2D eigenvalue weighted by Gasteiger charge is 2.57. The van der Waals surface area contributed by atoms with Crippen LogP contribution in [0.3, 0.4) is 0 Å². The van der Waals surface area contributed by atoms with E-state index in [0.717, 1.165) is 0 Å². The van der Waals surface area contributed by atoms with E-state index in [2.05, 4.69) is 0 Å². The molecule has 0 aromatic heterocycles. The van der Waals surface area contributed by atoms with Gasteiger partial charge in [0.05, 0.1) is 34.5 Å². The summed E-state index contributed by atoms with van der Waals surface area (Å²) >= 11 is 0. The lowest BCUT2D eigenvalue weighted by atomic mass is 10.9. The summed E-state index contributed by atoms with van der Waals surface area (Å²) in [6, 6.07) is 0. The van der Waals surface area contributed by atoms with Crippen LogP contribution in [0, 0.1) is 0 Å². The molecule has 0 heterocycles. The monoisotopic (exact) mass is 360 g/mol. The van der Waals surface area contributed by atoms with Crippen LogP contribution >= 0.6 is 15.2 Å². The first-order valence-corrected chi connectivity index (χ1v) is 14.2. The highest BCUT2D eigenvalue weighted by Crippen LogP contribution is 2.72. The minimum absolute atomic E-state index is 0.219. The summed E-state index contributed by atoms with van der Waals surface area (Å²) < 4.78 is 48.2. The summed E-state index contributed by atoms with van der Waals surface area (Å²) in [6.45, 7) is 13.7. The quantitative estimate of drug-likeness (QED) is 0.392. The zero-order chi connectivity index (χ0) is 16.7. The van der Waals surface area contributed by atoms with Crippen LogP contribution in [0.2, 0.25) is 19.6 Å². The molecule has 0 N–H and O–H groups in total. The van der Waals surface area contributed by atoms with E-state index in [-0.39, 0.29) is 26.4 Å². The molecule has 0 fully saturated rings. The maximum absolute atomic E-state index is 13.2. The Morgan fingerprint density at radius 3 is 1.10 bits per heavy atom. The van der Waals surface area contributed by atoms with Gasteiger partial charge in [0.25, 0.3) is 0 Å². The van der Waals surface area contributed by atoms with Crippen LogP contribution in [0.25, 0.3) is 0 Å². The molecule has 0 bridgehead atoms. The van der Waals surface area contributed by atoms with E-state index in [0.29, 0.717) is 0 Å². The topological polar surface area (TPSA) is 71.1 Å². The summed E-state index contributed by atoms with van der Waals surface area (Å²) in [4.78, 5) is 0. The third-order valence-corrected chi connectivity index (χ3v) is 16.1. The Morgan fingerprint density at radius 1 is 0.714 bits per heavy atom. The predicted molar refractivity (Wildman–Crippen MR) is 88.9 cm³/mol. The summed E-state index contributed by atoms with van der Waals surface area (Å²) in [5.41, 5.74) is 0. The Balaban J connectivity index is 5.95. The lowest BCUT2D eigenvalue weighted by Crippen LogP contribution is -2.40. The molecular weight excluding hydrogens is 330 g/mol. The van der Waals surface area contributed by atoms with Crippen LogP contribution in [-0.2, 0) is 27.2 Å². The van der Waals surface area contributed by atoms with E-state index in [1.54, 1.807) is 27.7 Å². The summed E-state index contributed by atoms with van der Waals surface area (Å²) in [5, 5.41) is -0.836. The minimum Gasteiger partial charge on any atom is -0.308 e. The van der Waals surface area contributed by atoms with Gasteiger partial charge >= 0.3 is 15.2 Å². The van der Waals surface area contributed by atoms with Gasteiger partial charge in [0.1, 0.15) is 0 Å². The second-order valence-corrected chi connectivity index (χ2v) is 16.4. The lowest BCUT2D eigenvalue weighted by molar-refractivity contribution is 0.202. The molecule has 0 spiro atoms. The van der Waals surface area contributed by atoms with Gasteiger partial charge in [-0.2, -0.15) is 0 Å². The maximum Gasteiger partial charge on any atom is 0.342 e. The molecular formula is C12H30O6P2Si. The van der Waals surface area contributed by atoms with Crippen molar-refractivity contribution in [2.75, 3.05) is 26.4 Å². The van der Waals surface area contributed by atoms with Crippen LogP contribution < -0.4 is 0 Å². The van der Waals surface area contributed by atoms with Crippen molar-refractivity contribution in [3.63, 3.8) is 0 Å². The number of rotatable bonds is 11. The average molecular weight is 360 g/mol. The first-order valence-electron chi connectivity index (χ1n) is 7.38. The van der Waals surface area contributed by atoms with Gasteiger partial charge in [0, 0.05) is 0 Å². The smallest absolute Gasteiger partial charge is 0.308 e. The van der Waals surface area contributed by atoms with Crippen LogP contribution in [0.5, 0.6) is 0 Å². The van der Waals surface area contributed by atoms with Gasteiger partial charge in [-0.3, -0.25) is 9.13 Å². The third-order valence-electron chi connectivity index (χ3n) is 2.61. The molecule has 0 saturated heterocycles. The highest BCUT2D eigenvalue weighted by molar-refractivity contribution is 7.77. The Kier molecular flexibility index (Phi) is 9.19. The van der Waals surface area contributed by atoms with Gasteiger partial charge in [0.15, 0.2) is 5.02 Å². The number of hydrogen-bond donors (Lipinski definition) is 0. The summed E-state index contributed by atoms with van der Waals surface area (Å²) in [5.74, 6) is 0. The van der Waals surface area contributed by atoms with Crippen LogP contribution in [0.15, 0.2) is 0 Å². The second-order valence-electron chi connectivity index (χ2n) is 5.49. The standard InChI is InChI=1S/C12H30O6P2Si/c1-8-15-19(13,16-9-2)12(21(5,6)7)20(14,17-10-3)18-11-4/h12H,8-11H2,1-7H3. The van der Waals surface area contributed by atoms with Gasteiger partial charge in [-0.15, -0.1) is 0 Å². The van der Waals surface area contributed by atoms with Crippen molar-refractivity contribution in [3.05, 3.63) is 0 Å². The first kappa shape index (κ1) is 21.5. The zero-order valence-corrected chi connectivity index (χ0v) is 17.0. The molecule has 0 aliphatic carbocycles. The largest absolute Gasteiger partial charge is 0.342 e. The molecule has 128 valence electrons. The molecule has 21 heavy (non-hydrogen) atoms. The van der Waals surface area contributed by atoms with E-state index in [1.807, 2.05) is 19.6 Å². The zero-order valence-electron chi connectivity index (χ0n) is 14.2. The Bertz CT molecular complexity index is 346.